The van der Waals surface area contributed by atoms with Gasteiger partial charge in [0.05, 0.1) is 4.92 Å². The van der Waals surface area contributed by atoms with Gasteiger partial charge < -0.3 is 5.32 Å². The number of nitrogens with zero attached hydrogens (tertiary/aromatic N) is 1. The smallest absolute Gasteiger partial charge is 0.347 e. The van der Waals surface area contributed by atoms with Gasteiger partial charge in [0.15, 0.2) is 0 Å². The maximum absolute atomic E-state index is 10.5. The highest BCUT2D eigenvalue weighted by Crippen LogP contribution is 2.30. The summed E-state index contributed by atoms with van der Waals surface area (Å²) in [5, 5.41) is 15.3. The molecule has 1 aromatic heterocycles. The summed E-state index contributed by atoms with van der Waals surface area (Å²) in [5.41, 5.74) is 1.51. The first-order valence-corrected chi connectivity index (χ1v) is 4.59. The van der Waals surface area contributed by atoms with Crippen molar-refractivity contribution < 1.29 is 4.92 Å². The Kier molecular flexibility index (Phi) is 3.02. The number of nitro groups is 1. The van der Waals surface area contributed by atoms with Gasteiger partial charge in [-0.1, -0.05) is 23.5 Å². The van der Waals surface area contributed by atoms with Crippen molar-refractivity contribution in [1.29, 1.82) is 0 Å². The summed E-state index contributed by atoms with van der Waals surface area (Å²) >= 11 is 1.12. The summed E-state index contributed by atoms with van der Waals surface area (Å²) in [5.74, 6) is 0. The lowest BCUT2D eigenvalue weighted by atomic mass is 10.3. The van der Waals surface area contributed by atoms with Crippen LogP contribution < -0.4 is 5.32 Å². The molecule has 0 aliphatic rings. The molecule has 0 spiro atoms. The Balaban J connectivity index is 2.71. The van der Waals surface area contributed by atoms with Crippen LogP contribution in [0.25, 0.3) is 0 Å². The molecule has 0 saturated carbocycles. The summed E-state index contributed by atoms with van der Waals surface area (Å²) in [7, 11) is 0. The second-order valence-corrected chi connectivity index (χ2v) is 3.60. The van der Waals surface area contributed by atoms with Crippen LogP contribution in [0.2, 0.25) is 0 Å². The molecule has 1 aromatic rings. The lowest BCUT2D eigenvalue weighted by Crippen LogP contribution is -2.02. The highest BCUT2D eigenvalue weighted by atomic mass is 32.1. The van der Waals surface area contributed by atoms with Crippen LogP contribution in [0, 0.1) is 10.1 Å². The molecule has 5 heteroatoms. The molecule has 0 bridgehead atoms. The Hall–Kier alpha value is -1.36. The van der Waals surface area contributed by atoms with Crippen LogP contribution in [-0.4, -0.2) is 11.5 Å². The molecule has 1 N–H and O–H groups in total. The molecule has 70 valence electrons. The molecular formula is C8H10N2O2S. The normalized spacial score (nSPS) is 9.62. The Labute approximate surface area is 80.0 Å². The number of hydrogen-bond donors (Lipinski definition) is 1. The third-order valence-corrected chi connectivity index (χ3v) is 2.26. The van der Waals surface area contributed by atoms with Gasteiger partial charge >= 0.3 is 5.00 Å². The molecule has 0 radical (unpaired) electrons. The van der Waals surface area contributed by atoms with Crippen molar-refractivity contribution in [2.24, 2.45) is 0 Å². The van der Waals surface area contributed by atoms with E-state index in [9.17, 15) is 10.1 Å². The molecule has 0 atom stereocenters. The van der Waals surface area contributed by atoms with Crippen LogP contribution in [-0.2, 0) is 0 Å². The molecule has 13 heavy (non-hydrogen) atoms. The third kappa shape index (κ3) is 2.55. The van der Waals surface area contributed by atoms with E-state index in [0.29, 0.717) is 12.2 Å². The molecule has 1 rings (SSSR count). The van der Waals surface area contributed by atoms with E-state index in [0.717, 1.165) is 16.9 Å². The SMILES string of the molecule is C=C(C)CNc1ccsc1[N+](=O)[O-]. The second-order valence-electron chi connectivity index (χ2n) is 2.71. The Morgan fingerprint density at radius 2 is 2.54 bits per heavy atom. The predicted molar refractivity (Wildman–Crippen MR) is 54.3 cm³/mol. The maximum atomic E-state index is 10.5. The van der Waals surface area contributed by atoms with Crippen LogP contribution in [0.5, 0.6) is 0 Å². The zero-order valence-corrected chi connectivity index (χ0v) is 8.06. The molecule has 1 heterocycles. The number of anilines is 1. The number of hydrogen-bond acceptors (Lipinski definition) is 4. The number of rotatable bonds is 4. The molecule has 0 amide bonds. The monoisotopic (exact) mass is 198 g/mol. The van der Waals surface area contributed by atoms with E-state index in [4.69, 9.17) is 0 Å². The minimum atomic E-state index is -0.384. The third-order valence-electron chi connectivity index (χ3n) is 1.39. The largest absolute Gasteiger partial charge is 0.375 e. The highest BCUT2D eigenvalue weighted by molar-refractivity contribution is 7.14. The van der Waals surface area contributed by atoms with E-state index in [1.165, 1.54) is 0 Å². The standard InChI is InChI=1S/C8H10N2O2S/c1-6(2)5-9-7-3-4-13-8(7)10(11)12/h3-4,9H,1,5H2,2H3. The first-order valence-electron chi connectivity index (χ1n) is 3.71. The summed E-state index contributed by atoms with van der Waals surface area (Å²) < 4.78 is 0. The highest BCUT2D eigenvalue weighted by Gasteiger charge is 2.14. The van der Waals surface area contributed by atoms with E-state index < -0.39 is 0 Å². The van der Waals surface area contributed by atoms with Crippen molar-refractivity contribution >= 4 is 22.0 Å². The number of thiophene rings is 1. The quantitative estimate of drug-likeness (QED) is 0.459. The molecule has 0 aromatic carbocycles. The average molecular weight is 198 g/mol. The lowest BCUT2D eigenvalue weighted by Gasteiger charge is -2.01. The van der Waals surface area contributed by atoms with Crippen molar-refractivity contribution in [2.75, 3.05) is 11.9 Å². The summed E-state index contributed by atoms with van der Waals surface area (Å²) in [4.78, 5) is 10.1. The molecule has 0 saturated heterocycles. The minimum absolute atomic E-state index is 0.154. The van der Waals surface area contributed by atoms with Crippen LogP contribution in [0.3, 0.4) is 0 Å². The van der Waals surface area contributed by atoms with E-state index >= 15 is 0 Å². The molecule has 4 nitrogen and oxygen atoms in total. The first kappa shape index (κ1) is 9.73. The van der Waals surface area contributed by atoms with E-state index in [2.05, 4.69) is 11.9 Å². The lowest BCUT2D eigenvalue weighted by molar-refractivity contribution is -0.379. The molecule has 0 fully saturated rings. The summed E-state index contributed by atoms with van der Waals surface area (Å²) in [6.45, 7) is 6.13. The van der Waals surface area contributed by atoms with Crippen LogP contribution in [0.1, 0.15) is 6.92 Å². The second kappa shape index (κ2) is 4.04. The fourth-order valence-corrected chi connectivity index (χ4v) is 1.51. The van der Waals surface area contributed by atoms with E-state index in [1.807, 2.05) is 6.92 Å². The van der Waals surface area contributed by atoms with Crippen LogP contribution in [0.4, 0.5) is 10.7 Å². The molecule has 0 aliphatic carbocycles. The van der Waals surface area contributed by atoms with Gasteiger partial charge in [-0.25, -0.2) is 0 Å². The summed E-state index contributed by atoms with van der Waals surface area (Å²) in [6.07, 6.45) is 0. The van der Waals surface area contributed by atoms with Gasteiger partial charge in [0.1, 0.15) is 5.69 Å². The van der Waals surface area contributed by atoms with Crippen molar-refractivity contribution in [3.63, 3.8) is 0 Å². The summed E-state index contributed by atoms with van der Waals surface area (Å²) in [6, 6.07) is 1.70. The maximum Gasteiger partial charge on any atom is 0.347 e. The van der Waals surface area contributed by atoms with Gasteiger partial charge in [-0.2, -0.15) is 0 Å². The fraction of sp³-hybridized carbons (Fsp3) is 0.250. The van der Waals surface area contributed by atoms with Crippen molar-refractivity contribution in [3.05, 3.63) is 33.7 Å². The average Bonchev–Trinajstić information content (AvgIpc) is 2.47. The van der Waals surface area contributed by atoms with Gasteiger partial charge in [-0.05, 0) is 18.4 Å². The van der Waals surface area contributed by atoms with E-state index in [-0.39, 0.29) is 9.92 Å². The van der Waals surface area contributed by atoms with Crippen molar-refractivity contribution in [3.8, 4) is 0 Å². The zero-order valence-electron chi connectivity index (χ0n) is 7.24. The van der Waals surface area contributed by atoms with Gasteiger partial charge in [-0.15, -0.1) is 0 Å². The van der Waals surface area contributed by atoms with Gasteiger partial charge in [0, 0.05) is 6.54 Å². The topological polar surface area (TPSA) is 55.2 Å². The van der Waals surface area contributed by atoms with Gasteiger partial charge in [-0.3, -0.25) is 10.1 Å². The zero-order chi connectivity index (χ0) is 9.84. The molecule has 0 aliphatic heterocycles. The molecular weight excluding hydrogens is 188 g/mol. The van der Waals surface area contributed by atoms with Crippen LogP contribution >= 0.6 is 11.3 Å². The minimum Gasteiger partial charge on any atom is -0.375 e. The van der Waals surface area contributed by atoms with Crippen LogP contribution in [0.15, 0.2) is 23.6 Å². The van der Waals surface area contributed by atoms with E-state index in [1.54, 1.807) is 11.4 Å². The molecule has 0 unspecified atom stereocenters. The Bertz CT molecular complexity index is 333. The number of nitrogens with one attached hydrogen (secondary N) is 1. The van der Waals surface area contributed by atoms with Crippen molar-refractivity contribution in [2.45, 2.75) is 6.92 Å². The predicted octanol–water partition coefficient (Wildman–Crippen LogP) is 2.64. The Morgan fingerprint density at radius 1 is 1.85 bits per heavy atom. The first-order chi connectivity index (χ1) is 6.11. The Morgan fingerprint density at radius 3 is 3.08 bits per heavy atom. The van der Waals surface area contributed by atoms with Gasteiger partial charge in [0.2, 0.25) is 0 Å². The van der Waals surface area contributed by atoms with Gasteiger partial charge in [0.25, 0.3) is 0 Å². The fourth-order valence-electron chi connectivity index (χ4n) is 0.823. The van der Waals surface area contributed by atoms with Crippen molar-refractivity contribution in [1.82, 2.24) is 0 Å².